The molecule has 0 spiro atoms. The summed E-state index contributed by atoms with van der Waals surface area (Å²) >= 11 is 0. The van der Waals surface area contributed by atoms with Gasteiger partial charge in [0.05, 0.1) is 12.7 Å². The SMILES string of the molecule is COc1ccc(C(=O)N2CCC(c3cccc(CNC(=O)OC(C)(C)C)c3)CC2)cc1C=O. The quantitative estimate of drug-likeness (QED) is 0.650. The van der Waals surface area contributed by atoms with Crippen molar-refractivity contribution in [3.63, 3.8) is 0 Å². The highest BCUT2D eigenvalue weighted by molar-refractivity contribution is 5.96. The van der Waals surface area contributed by atoms with E-state index in [0.717, 1.165) is 18.4 Å². The number of rotatable bonds is 6. The van der Waals surface area contributed by atoms with Gasteiger partial charge in [-0.15, -0.1) is 0 Å². The number of likely N-dealkylation sites (tertiary alicyclic amines) is 1. The summed E-state index contributed by atoms with van der Waals surface area (Å²) in [5, 5.41) is 2.80. The lowest BCUT2D eigenvalue weighted by molar-refractivity contribution is 0.0523. The van der Waals surface area contributed by atoms with Crippen molar-refractivity contribution in [2.75, 3.05) is 20.2 Å². The fourth-order valence-electron chi connectivity index (χ4n) is 4.00. The molecule has 0 saturated carbocycles. The molecule has 0 radical (unpaired) electrons. The number of alkyl carbamates (subject to hydrolysis) is 1. The van der Waals surface area contributed by atoms with Crippen LogP contribution < -0.4 is 10.1 Å². The van der Waals surface area contributed by atoms with Gasteiger partial charge in [0, 0.05) is 25.2 Å². The van der Waals surface area contributed by atoms with Crippen LogP contribution in [0.5, 0.6) is 5.75 Å². The number of methoxy groups -OCH3 is 1. The third kappa shape index (κ3) is 6.57. The second kappa shape index (κ2) is 10.5. The van der Waals surface area contributed by atoms with Gasteiger partial charge < -0.3 is 19.7 Å². The molecule has 2 amide bonds. The Morgan fingerprint density at radius 1 is 1.12 bits per heavy atom. The van der Waals surface area contributed by atoms with Crippen molar-refractivity contribution in [1.29, 1.82) is 0 Å². The van der Waals surface area contributed by atoms with Crippen LogP contribution >= 0.6 is 0 Å². The van der Waals surface area contributed by atoms with E-state index in [1.807, 2.05) is 37.8 Å². The van der Waals surface area contributed by atoms with E-state index < -0.39 is 11.7 Å². The van der Waals surface area contributed by atoms with Crippen molar-refractivity contribution in [3.8, 4) is 5.75 Å². The van der Waals surface area contributed by atoms with Gasteiger partial charge in [-0.2, -0.15) is 0 Å². The van der Waals surface area contributed by atoms with Gasteiger partial charge in [-0.1, -0.05) is 24.3 Å². The summed E-state index contributed by atoms with van der Waals surface area (Å²) in [6.07, 6.45) is 1.97. The van der Waals surface area contributed by atoms with E-state index in [9.17, 15) is 14.4 Å². The zero-order valence-electron chi connectivity index (χ0n) is 19.7. The third-order valence-electron chi connectivity index (χ3n) is 5.64. The lowest BCUT2D eigenvalue weighted by atomic mass is 9.88. The predicted molar refractivity (Wildman–Crippen MR) is 126 cm³/mol. The molecule has 176 valence electrons. The Kier molecular flexibility index (Phi) is 7.74. The highest BCUT2D eigenvalue weighted by Crippen LogP contribution is 2.29. The summed E-state index contributed by atoms with van der Waals surface area (Å²) in [5.74, 6) is 0.729. The zero-order chi connectivity index (χ0) is 24.0. The monoisotopic (exact) mass is 452 g/mol. The van der Waals surface area contributed by atoms with E-state index in [0.29, 0.717) is 48.7 Å². The van der Waals surface area contributed by atoms with Gasteiger partial charge in [0.2, 0.25) is 0 Å². The van der Waals surface area contributed by atoms with Gasteiger partial charge >= 0.3 is 6.09 Å². The van der Waals surface area contributed by atoms with Crippen LogP contribution in [0, 0.1) is 0 Å². The molecule has 1 aliphatic rings. The lowest BCUT2D eigenvalue weighted by Gasteiger charge is -2.32. The molecule has 7 heteroatoms. The molecule has 1 heterocycles. The molecule has 1 saturated heterocycles. The maximum absolute atomic E-state index is 12.9. The van der Waals surface area contributed by atoms with Crippen molar-refractivity contribution in [2.45, 2.75) is 51.7 Å². The zero-order valence-corrected chi connectivity index (χ0v) is 19.7. The Hall–Kier alpha value is -3.35. The van der Waals surface area contributed by atoms with Crippen LogP contribution in [0.4, 0.5) is 4.79 Å². The second-order valence-electron chi connectivity index (χ2n) is 9.24. The maximum atomic E-state index is 12.9. The summed E-state index contributed by atoms with van der Waals surface area (Å²) in [5.41, 5.74) is 2.55. The van der Waals surface area contributed by atoms with Gasteiger partial charge in [0.1, 0.15) is 11.4 Å². The van der Waals surface area contributed by atoms with Crippen LogP contribution in [0.2, 0.25) is 0 Å². The molecule has 3 rings (SSSR count). The largest absolute Gasteiger partial charge is 0.496 e. The highest BCUT2D eigenvalue weighted by Gasteiger charge is 2.25. The molecule has 0 bridgehead atoms. The first kappa shape index (κ1) is 24.3. The Morgan fingerprint density at radius 3 is 2.48 bits per heavy atom. The molecular weight excluding hydrogens is 420 g/mol. The number of amides is 2. The van der Waals surface area contributed by atoms with Gasteiger partial charge in [-0.25, -0.2) is 4.79 Å². The minimum absolute atomic E-state index is 0.0745. The molecule has 7 nitrogen and oxygen atoms in total. The Balaban J connectivity index is 1.57. The average Bonchev–Trinajstić information content (AvgIpc) is 2.81. The number of carbonyl (C=O) groups is 3. The fourth-order valence-corrected chi connectivity index (χ4v) is 4.00. The predicted octanol–water partition coefficient (Wildman–Crippen LogP) is 4.55. The van der Waals surface area contributed by atoms with Crippen molar-refractivity contribution in [1.82, 2.24) is 10.2 Å². The maximum Gasteiger partial charge on any atom is 0.407 e. The molecule has 1 aliphatic heterocycles. The first-order valence-electron chi connectivity index (χ1n) is 11.2. The van der Waals surface area contributed by atoms with Crippen molar-refractivity contribution in [3.05, 3.63) is 64.7 Å². The van der Waals surface area contributed by atoms with Crippen molar-refractivity contribution >= 4 is 18.3 Å². The fraction of sp³-hybridized carbons (Fsp3) is 0.423. The van der Waals surface area contributed by atoms with E-state index in [1.54, 1.807) is 18.2 Å². The lowest BCUT2D eigenvalue weighted by Crippen LogP contribution is -2.38. The number of benzene rings is 2. The van der Waals surface area contributed by atoms with E-state index in [4.69, 9.17) is 9.47 Å². The Morgan fingerprint density at radius 2 is 1.85 bits per heavy atom. The summed E-state index contributed by atoms with van der Waals surface area (Å²) in [7, 11) is 1.50. The minimum atomic E-state index is -0.530. The molecule has 2 aromatic carbocycles. The molecule has 0 aliphatic carbocycles. The average molecular weight is 453 g/mol. The molecular formula is C26H32N2O5. The highest BCUT2D eigenvalue weighted by atomic mass is 16.6. The summed E-state index contributed by atoms with van der Waals surface area (Å²) < 4.78 is 10.4. The first-order chi connectivity index (χ1) is 15.7. The van der Waals surface area contributed by atoms with Crippen molar-refractivity contribution in [2.24, 2.45) is 0 Å². The number of carbonyl (C=O) groups excluding carboxylic acids is 3. The van der Waals surface area contributed by atoms with Crippen LogP contribution in [0.15, 0.2) is 42.5 Å². The molecule has 1 fully saturated rings. The number of hydrogen-bond acceptors (Lipinski definition) is 5. The van der Waals surface area contributed by atoms with E-state index in [1.165, 1.54) is 12.7 Å². The topological polar surface area (TPSA) is 84.9 Å². The van der Waals surface area contributed by atoms with Gasteiger partial charge in [0.25, 0.3) is 5.91 Å². The molecule has 0 atom stereocenters. The van der Waals surface area contributed by atoms with Crippen LogP contribution in [0.1, 0.15) is 71.4 Å². The Labute approximate surface area is 195 Å². The van der Waals surface area contributed by atoms with E-state index in [-0.39, 0.29) is 5.91 Å². The molecule has 0 aromatic heterocycles. The van der Waals surface area contributed by atoms with Crippen LogP contribution in [0.25, 0.3) is 0 Å². The molecule has 0 unspecified atom stereocenters. The number of piperidine rings is 1. The summed E-state index contributed by atoms with van der Waals surface area (Å²) in [6.45, 7) is 7.19. The van der Waals surface area contributed by atoms with Gasteiger partial charge in [0.15, 0.2) is 6.29 Å². The molecule has 1 N–H and O–H groups in total. The number of nitrogens with zero attached hydrogens (tertiary/aromatic N) is 1. The first-order valence-corrected chi connectivity index (χ1v) is 11.2. The third-order valence-corrected chi connectivity index (χ3v) is 5.64. The second-order valence-corrected chi connectivity index (χ2v) is 9.24. The van der Waals surface area contributed by atoms with Crippen LogP contribution in [-0.4, -0.2) is 49.0 Å². The summed E-state index contributed by atoms with van der Waals surface area (Å²) in [6, 6.07) is 13.1. The molecule has 33 heavy (non-hydrogen) atoms. The minimum Gasteiger partial charge on any atom is -0.496 e. The van der Waals surface area contributed by atoms with Crippen LogP contribution in [-0.2, 0) is 11.3 Å². The summed E-state index contributed by atoms with van der Waals surface area (Å²) in [4.78, 5) is 38.0. The van der Waals surface area contributed by atoms with Crippen molar-refractivity contribution < 1.29 is 23.9 Å². The van der Waals surface area contributed by atoms with E-state index >= 15 is 0 Å². The number of nitrogens with one attached hydrogen (secondary N) is 1. The number of hydrogen-bond donors (Lipinski definition) is 1. The van der Waals surface area contributed by atoms with Gasteiger partial charge in [-0.3, -0.25) is 9.59 Å². The van der Waals surface area contributed by atoms with Gasteiger partial charge in [-0.05, 0) is 68.9 Å². The number of aldehydes is 1. The smallest absolute Gasteiger partial charge is 0.407 e. The number of ether oxygens (including phenoxy) is 2. The standard InChI is InChI=1S/C26H32N2O5/c1-26(2,3)33-25(31)27-16-18-6-5-7-20(14-18)19-10-12-28(13-11-19)24(30)21-8-9-23(32-4)22(15-21)17-29/h5-9,14-15,17,19H,10-13,16H2,1-4H3,(H,27,31). The Bertz CT molecular complexity index is 1000. The normalized spacial score (nSPS) is 14.5. The van der Waals surface area contributed by atoms with Crippen LogP contribution in [0.3, 0.4) is 0 Å². The van der Waals surface area contributed by atoms with E-state index in [2.05, 4.69) is 17.4 Å². The molecule has 2 aromatic rings.